The van der Waals surface area contributed by atoms with Gasteiger partial charge in [0, 0.05) is 19.0 Å². The number of rotatable bonds is 21. The zero-order valence-electron chi connectivity index (χ0n) is 28.5. The van der Waals surface area contributed by atoms with E-state index in [9.17, 15) is 33.9 Å². The molecule has 0 aliphatic heterocycles. The molecule has 0 spiro atoms. The first-order valence-corrected chi connectivity index (χ1v) is 16.4. The normalized spacial score (nSPS) is 14.2. The number of hydrogen-bond donors (Lipinski definition) is 9. The van der Waals surface area contributed by atoms with Crippen LogP contribution >= 0.6 is 0 Å². The number of carbonyl (C=O) groups excluding carboxylic acids is 5. The van der Waals surface area contributed by atoms with Gasteiger partial charge in [0.15, 0.2) is 0 Å². The van der Waals surface area contributed by atoms with E-state index in [1.165, 1.54) is 6.33 Å². The van der Waals surface area contributed by atoms with Gasteiger partial charge in [0.2, 0.25) is 29.5 Å². The van der Waals surface area contributed by atoms with Crippen LogP contribution < -0.4 is 38.1 Å². The summed E-state index contributed by atoms with van der Waals surface area (Å²) in [5.41, 5.74) is 12.3. The molecule has 2 rings (SSSR count). The summed E-state index contributed by atoms with van der Waals surface area (Å²) in [4.78, 5) is 85.1. The Bertz CT molecular complexity index is 1370. The SMILES string of the molecule is CC(C)[C@H](NC(=O)[C@H](Cc1ccccc1)NC(=O)[C@@H](NC(=O)[C@H](CCCCN)NC(=O)[C@H](Cc1c[nH]cn1)NC(=O)CN)C(C)C)C(=O)O. The van der Waals surface area contributed by atoms with Crippen molar-refractivity contribution in [3.63, 3.8) is 0 Å². The Kier molecular flexibility index (Phi) is 16.9. The van der Waals surface area contributed by atoms with Crippen molar-refractivity contribution in [2.24, 2.45) is 23.3 Å². The summed E-state index contributed by atoms with van der Waals surface area (Å²) in [5.74, 6) is -5.34. The van der Waals surface area contributed by atoms with Gasteiger partial charge in [-0.15, -0.1) is 0 Å². The number of nitrogens with two attached hydrogens (primary N) is 2. The zero-order valence-corrected chi connectivity index (χ0v) is 28.5. The van der Waals surface area contributed by atoms with Gasteiger partial charge in [0.25, 0.3) is 0 Å². The predicted molar refractivity (Wildman–Crippen MR) is 181 cm³/mol. The number of imidazole rings is 1. The van der Waals surface area contributed by atoms with Gasteiger partial charge in [-0.25, -0.2) is 9.78 Å². The second kappa shape index (κ2) is 20.5. The summed E-state index contributed by atoms with van der Waals surface area (Å²) in [6.45, 7) is 6.73. The summed E-state index contributed by atoms with van der Waals surface area (Å²) in [7, 11) is 0. The molecule has 0 fully saturated rings. The van der Waals surface area contributed by atoms with Gasteiger partial charge >= 0.3 is 5.97 Å². The first-order valence-electron chi connectivity index (χ1n) is 16.4. The van der Waals surface area contributed by atoms with E-state index in [1.807, 2.05) is 0 Å². The lowest BCUT2D eigenvalue weighted by molar-refractivity contribution is -0.143. The van der Waals surface area contributed by atoms with Crippen molar-refractivity contribution in [1.82, 2.24) is 36.6 Å². The summed E-state index contributed by atoms with van der Waals surface area (Å²) < 4.78 is 0. The van der Waals surface area contributed by atoms with Gasteiger partial charge in [-0.1, -0.05) is 58.0 Å². The fraction of sp³-hybridized carbons (Fsp3) is 0.545. The number of carbonyl (C=O) groups is 6. The monoisotopic (exact) mass is 685 g/mol. The minimum absolute atomic E-state index is 0.0274. The molecule has 1 aromatic heterocycles. The van der Waals surface area contributed by atoms with Crippen LogP contribution in [0.4, 0.5) is 0 Å². The highest BCUT2D eigenvalue weighted by atomic mass is 16.4. The van der Waals surface area contributed by atoms with E-state index in [1.54, 1.807) is 64.2 Å². The van der Waals surface area contributed by atoms with Crippen LogP contribution in [0.1, 0.15) is 58.2 Å². The topological polar surface area (TPSA) is 264 Å². The Morgan fingerprint density at radius 1 is 0.735 bits per heavy atom. The van der Waals surface area contributed by atoms with E-state index in [4.69, 9.17) is 11.5 Å². The van der Waals surface area contributed by atoms with Gasteiger partial charge < -0.3 is 48.1 Å². The number of nitrogens with zero attached hydrogens (tertiary/aromatic N) is 1. The molecular weight excluding hydrogens is 634 g/mol. The summed E-state index contributed by atoms with van der Waals surface area (Å²) in [6, 6.07) is 3.22. The summed E-state index contributed by atoms with van der Waals surface area (Å²) in [5, 5.41) is 22.8. The lowest BCUT2D eigenvalue weighted by Crippen LogP contribution is -2.60. The number of hydrogen-bond acceptors (Lipinski definition) is 9. The molecule has 5 atom stereocenters. The molecule has 5 amide bonds. The Hall–Kier alpha value is -4.83. The number of unbranched alkanes of at least 4 members (excludes halogenated alkanes) is 1. The number of aromatic nitrogens is 2. The van der Waals surface area contributed by atoms with Gasteiger partial charge in [0.05, 0.1) is 18.6 Å². The Balaban J connectivity index is 2.29. The van der Waals surface area contributed by atoms with Crippen molar-refractivity contribution in [2.45, 2.75) is 90.0 Å². The second-order valence-electron chi connectivity index (χ2n) is 12.5. The van der Waals surface area contributed by atoms with E-state index >= 15 is 0 Å². The van der Waals surface area contributed by atoms with Crippen molar-refractivity contribution in [3.8, 4) is 0 Å². The summed E-state index contributed by atoms with van der Waals surface area (Å²) in [6.07, 6.45) is 4.32. The highest BCUT2D eigenvalue weighted by Gasteiger charge is 2.34. The van der Waals surface area contributed by atoms with Crippen LogP contribution in [-0.2, 0) is 41.6 Å². The molecule has 0 radical (unpaired) electrons. The minimum atomic E-state index is -1.21. The van der Waals surface area contributed by atoms with Crippen LogP contribution in [0.3, 0.4) is 0 Å². The number of carboxylic acids is 1. The van der Waals surface area contributed by atoms with Gasteiger partial charge in [-0.3, -0.25) is 24.0 Å². The van der Waals surface area contributed by atoms with Crippen molar-refractivity contribution >= 4 is 35.5 Å². The van der Waals surface area contributed by atoms with Gasteiger partial charge in [-0.2, -0.15) is 0 Å². The van der Waals surface area contributed by atoms with Crippen molar-refractivity contribution in [2.75, 3.05) is 13.1 Å². The smallest absolute Gasteiger partial charge is 0.326 e. The number of aliphatic carboxylic acids is 1. The average Bonchev–Trinajstić information content (AvgIpc) is 3.57. The molecule has 0 saturated heterocycles. The van der Waals surface area contributed by atoms with E-state index in [-0.39, 0.29) is 25.8 Å². The van der Waals surface area contributed by atoms with E-state index in [0.717, 1.165) is 5.56 Å². The molecule has 2 aromatic rings. The fourth-order valence-corrected chi connectivity index (χ4v) is 4.98. The Morgan fingerprint density at radius 3 is 1.86 bits per heavy atom. The standard InChI is InChI=1S/C33H51N9O7/c1-19(2)27(32(47)40-24(14-21-10-6-5-7-11-21)31(46)42-28(20(3)4)33(48)49)41-29(44)23(12-8-9-13-34)39-30(45)25(38-26(43)16-35)15-22-17-36-18-37-22/h5-7,10-11,17-20,23-25,27-28H,8-9,12-16,34-35H2,1-4H3,(H,36,37)(H,38,43)(H,39,45)(H,40,47)(H,41,44)(H,42,46)(H,48,49)/t23-,24-,25-,27-,28-/m0/s1. The maximum atomic E-state index is 13.7. The van der Waals surface area contributed by atoms with Crippen LogP contribution in [0.2, 0.25) is 0 Å². The molecule has 11 N–H and O–H groups in total. The van der Waals surface area contributed by atoms with E-state index < -0.39 is 77.6 Å². The molecule has 270 valence electrons. The predicted octanol–water partition coefficient (Wildman–Crippen LogP) is -0.897. The molecule has 0 bridgehead atoms. The average molecular weight is 686 g/mol. The third kappa shape index (κ3) is 13.7. The highest BCUT2D eigenvalue weighted by molar-refractivity contribution is 5.96. The maximum absolute atomic E-state index is 13.7. The van der Waals surface area contributed by atoms with Crippen LogP contribution in [0.25, 0.3) is 0 Å². The van der Waals surface area contributed by atoms with Gasteiger partial charge in [-0.05, 0) is 43.2 Å². The lowest BCUT2D eigenvalue weighted by Gasteiger charge is -2.29. The molecule has 49 heavy (non-hydrogen) atoms. The fourth-order valence-electron chi connectivity index (χ4n) is 4.98. The van der Waals surface area contributed by atoms with Crippen LogP contribution in [-0.4, -0.2) is 93.9 Å². The zero-order chi connectivity index (χ0) is 36.5. The molecule has 16 heteroatoms. The highest BCUT2D eigenvalue weighted by Crippen LogP contribution is 2.11. The van der Waals surface area contributed by atoms with Crippen molar-refractivity contribution in [1.29, 1.82) is 0 Å². The number of benzene rings is 1. The first kappa shape index (κ1) is 40.3. The Labute approximate surface area is 286 Å². The van der Waals surface area contributed by atoms with Crippen LogP contribution in [0.5, 0.6) is 0 Å². The lowest BCUT2D eigenvalue weighted by atomic mass is 9.99. The second-order valence-corrected chi connectivity index (χ2v) is 12.5. The molecule has 0 aliphatic rings. The number of aromatic amines is 1. The first-order chi connectivity index (χ1) is 23.3. The Morgan fingerprint density at radius 2 is 1.31 bits per heavy atom. The minimum Gasteiger partial charge on any atom is -0.480 e. The maximum Gasteiger partial charge on any atom is 0.326 e. The number of H-pyrrole nitrogens is 1. The molecule has 0 saturated carbocycles. The number of carboxylic acid groups (broad SMARTS) is 1. The largest absolute Gasteiger partial charge is 0.480 e. The molecule has 1 heterocycles. The number of amides is 5. The van der Waals surface area contributed by atoms with Crippen molar-refractivity contribution < 1.29 is 33.9 Å². The quantitative estimate of drug-likeness (QED) is 0.0732. The molecule has 0 aliphatic carbocycles. The molecule has 0 unspecified atom stereocenters. The number of nitrogens with one attached hydrogen (secondary N) is 6. The van der Waals surface area contributed by atoms with Gasteiger partial charge in [0.1, 0.15) is 30.2 Å². The van der Waals surface area contributed by atoms with E-state index in [0.29, 0.717) is 25.1 Å². The van der Waals surface area contributed by atoms with E-state index in [2.05, 4.69) is 36.6 Å². The molecule has 16 nitrogen and oxygen atoms in total. The van der Waals surface area contributed by atoms with Crippen molar-refractivity contribution in [3.05, 3.63) is 54.1 Å². The summed E-state index contributed by atoms with van der Waals surface area (Å²) >= 11 is 0. The van der Waals surface area contributed by atoms with Crippen LogP contribution in [0.15, 0.2) is 42.9 Å². The molecular formula is C33H51N9O7. The molecule has 1 aromatic carbocycles. The third-order valence-electron chi connectivity index (χ3n) is 7.78. The third-order valence-corrected chi connectivity index (χ3v) is 7.78. The van der Waals surface area contributed by atoms with Crippen LogP contribution in [0, 0.1) is 11.8 Å².